The molecule has 0 radical (unpaired) electrons. The summed E-state index contributed by atoms with van der Waals surface area (Å²) in [4.78, 5) is 25.1. The number of nitrogens with zero attached hydrogens (tertiary/aromatic N) is 3. The summed E-state index contributed by atoms with van der Waals surface area (Å²) in [7, 11) is 0. The summed E-state index contributed by atoms with van der Waals surface area (Å²) in [5, 5.41) is 4.63. The Bertz CT molecular complexity index is 601. The van der Waals surface area contributed by atoms with E-state index in [1.165, 1.54) is 25.9 Å². The number of carbonyl (C=O) groups is 1. The van der Waals surface area contributed by atoms with Crippen molar-refractivity contribution in [3.8, 4) is 0 Å². The van der Waals surface area contributed by atoms with Gasteiger partial charge in [-0.15, -0.1) is 0 Å². The molecule has 1 unspecified atom stereocenters. The van der Waals surface area contributed by atoms with E-state index in [0.717, 1.165) is 17.0 Å². The second kappa shape index (κ2) is 6.41. The zero-order valence-electron chi connectivity index (χ0n) is 12.9. The Kier molecular flexibility index (Phi) is 4.13. The van der Waals surface area contributed by atoms with Crippen LogP contribution in [-0.2, 0) is 4.84 Å². The van der Waals surface area contributed by atoms with E-state index < -0.39 is 0 Å². The minimum Gasteiger partial charge on any atom is -0.321 e. The third kappa shape index (κ3) is 3.30. The predicted molar refractivity (Wildman–Crippen MR) is 89.1 cm³/mol. The number of hydrogen-bond acceptors (Lipinski definition) is 6. The van der Waals surface area contributed by atoms with E-state index >= 15 is 0 Å². The molecule has 3 saturated heterocycles. The number of carbonyl (C=O) groups excluding carboxylic acids is 1. The van der Waals surface area contributed by atoms with E-state index in [1.54, 1.807) is 29.2 Å². The van der Waals surface area contributed by atoms with Crippen molar-refractivity contribution >= 4 is 22.8 Å². The Hall–Kier alpha value is -1.73. The number of nitrogens with one attached hydrogen (secondary N) is 1. The molecule has 3 fully saturated rings. The highest BCUT2D eigenvalue weighted by Gasteiger charge is 2.35. The van der Waals surface area contributed by atoms with Crippen molar-refractivity contribution in [3.63, 3.8) is 0 Å². The molecule has 0 aromatic carbocycles. The van der Waals surface area contributed by atoms with Crippen LogP contribution in [0, 0.1) is 5.92 Å². The Labute approximate surface area is 139 Å². The van der Waals surface area contributed by atoms with Gasteiger partial charge in [0.05, 0.1) is 6.20 Å². The van der Waals surface area contributed by atoms with Gasteiger partial charge in [0.25, 0.3) is 0 Å². The van der Waals surface area contributed by atoms with Crippen molar-refractivity contribution in [2.24, 2.45) is 5.92 Å². The van der Waals surface area contributed by atoms with Crippen molar-refractivity contribution < 1.29 is 9.63 Å². The zero-order valence-corrected chi connectivity index (χ0v) is 13.7. The Morgan fingerprint density at radius 3 is 2.78 bits per heavy atom. The highest BCUT2D eigenvalue weighted by Crippen LogP contribution is 2.34. The van der Waals surface area contributed by atoms with Crippen LogP contribution in [0.4, 0.5) is 4.79 Å². The molecule has 0 aliphatic carbocycles. The van der Waals surface area contributed by atoms with Gasteiger partial charge in [0, 0.05) is 29.9 Å². The first-order valence-corrected chi connectivity index (χ1v) is 8.99. The molecule has 1 amide bonds. The normalized spacial score (nSPS) is 29.3. The van der Waals surface area contributed by atoms with Crippen molar-refractivity contribution in [2.75, 3.05) is 25.5 Å². The van der Waals surface area contributed by atoms with E-state index in [4.69, 9.17) is 4.84 Å². The molecule has 23 heavy (non-hydrogen) atoms. The Morgan fingerprint density at radius 1 is 1.30 bits per heavy atom. The lowest BCUT2D eigenvalue weighted by molar-refractivity contribution is -0.0442. The van der Waals surface area contributed by atoms with Gasteiger partial charge in [-0.25, -0.2) is 9.86 Å². The molecule has 5 heterocycles. The standard InChI is InChI=1S/C16H20N4O2S/c21-16(18-14-9-19-7-3-12(14)4-8-19)22-20-10-15(23-11-20)13-1-5-17-6-2-13/h1-2,5-6,10,12,14H,3-4,7-9,11H2,(H,18,21). The van der Waals surface area contributed by atoms with Crippen LogP contribution >= 0.6 is 11.8 Å². The number of amides is 1. The molecule has 0 saturated carbocycles. The predicted octanol–water partition coefficient (Wildman–Crippen LogP) is 2.12. The molecule has 0 spiro atoms. The monoisotopic (exact) mass is 332 g/mol. The van der Waals surface area contributed by atoms with Crippen LogP contribution in [0.25, 0.3) is 4.91 Å². The molecule has 122 valence electrons. The van der Waals surface area contributed by atoms with Crippen LogP contribution in [0.1, 0.15) is 18.4 Å². The zero-order chi connectivity index (χ0) is 15.6. The summed E-state index contributed by atoms with van der Waals surface area (Å²) in [6.07, 6.45) is 7.40. The fourth-order valence-corrected chi connectivity index (χ4v) is 4.37. The van der Waals surface area contributed by atoms with E-state index in [0.29, 0.717) is 11.8 Å². The summed E-state index contributed by atoms with van der Waals surface area (Å²) in [6, 6.07) is 4.13. The summed E-state index contributed by atoms with van der Waals surface area (Å²) < 4.78 is 0. The number of pyridine rings is 1. The fraction of sp³-hybridized carbons (Fsp3) is 0.500. The van der Waals surface area contributed by atoms with Gasteiger partial charge in [-0.05, 0) is 49.5 Å². The van der Waals surface area contributed by atoms with Gasteiger partial charge in [-0.2, -0.15) is 0 Å². The van der Waals surface area contributed by atoms with Crippen LogP contribution in [0.2, 0.25) is 0 Å². The van der Waals surface area contributed by atoms with Crippen molar-refractivity contribution in [1.29, 1.82) is 0 Å². The van der Waals surface area contributed by atoms with Crippen LogP contribution in [0.5, 0.6) is 0 Å². The average molecular weight is 332 g/mol. The molecule has 2 bridgehead atoms. The maximum atomic E-state index is 12.1. The molecule has 1 aromatic heterocycles. The number of aromatic nitrogens is 1. The molecule has 1 N–H and O–H groups in total. The van der Waals surface area contributed by atoms with Gasteiger partial charge in [0.1, 0.15) is 5.88 Å². The van der Waals surface area contributed by atoms with Gasteiger partial charge < -0.3 is 15.1 Å². The molecule has 6 nitrogen and oxygen atoms in total. The molecular formula is C16H20N4O2S. The quantitative estimate of drug-likeness (QED) is 0.915. The van der Waals surface area contributed by atoms with E-state index in [9.17, 15) is 4.79 Å². The van der Waals surface area contributed by atoms with E-state index in [2.05, 4.69) is 15.2 Å². The van der Waals surface area contributed by atoms with Crippen molar-refractivity contribution in [3.05, 3.63) is 36.3 Å². The van der Waals surface area contributed by atoms with Crippen LogP contribution in [-0.4, -0.2) is 52.6 Å². The molecule has 4 aliphatic rings. The number of fused-ring (bicyclic) bond motifs is 3. The van der Waals surface area contributed by atoms with Gasteiger partial charge in [0.2, 0.25) is 0 Å². The summed E-state index contributed by atoms with van der Waals surface area (Å²) in [6.45, 7) is 3.28. The minimum absolute atomic E-state index is 0.226. The van der Waals surface area contributed by atoms with E-state index in [-0.39, 0.29) is 12.1 Å². The summed E-state index contributed by atoms with van der Waals surface area (Å²) in [5.74, 6) is 1.22. The van der Waals surface area contributed by atoms with Crippen LogP contribution in [0.3, 0.4) is 0 Å². The maximum absolute atomic E-state index is 12.1. The van der Waals surface area contributed by atoms with Gasteiger partial charge in [-0.3, -0.25) is 4.98 Å². The molecule has 1 aromatic rings. The maximum Gasteiger partial charge on any atom is 0.431 e. The lowest BCUT2D eigenvalue weighted by atomic mass is 9.84. The fourth-order valence-electron chi connectivity index (χ4n) is 3.48. The highest BCUT2D eigenvalue weighted by atomic mass is 32.2. The first-order valence-electron chi connectivity index (χ1n) is 8.00. The molecule has 5 rings (SSSR count). The Morgan fingerprint density at radius 2 is 2.09 bits per heavy atom. The molecular weight excluding hydrogens is 312 g/mol. The van der Waals surface area contributed by atoms with Gasteiger partial charge in [-0.1, -0.05) is 11.8 Å². The second-order valence-corrected chi connectivity index (χ2v) is 7.17. The smallest absolute Gasteiger partial charge is 0.321 e. The minimum atomic E-state index is -0.350. The number of thioether (sulfide) groups is 1. The van der Waals surface area contributed by atoms with Crippen molar-refractivity contribution in [1.82, 2.24) is 20.3 Å². The number of hydrogen-bond donors (Lipinski definition) is 1. The summed E-state index contributed by atoms with van der Waals surface area (Å²) >= 11 is 1.65. The third-order valence-electron chi connectivity index (χ3n) is 4.73. The Balaban J connectivity index is 1.32. The van der Waals surface area contributed by atoms with Crippen LogP contribution < -0.4 is 5.32 Å². The molecule has 4 aliphatic heterocycles. The summed E-state index contributed by atoms with van der Waals surface area (Å²) in [5.41, 5.74) is 1.09. The van der Waals surface area contributed by atoms with Gasteiger partial charge in [0.15, 0.2) is 0 Å². The number of hydroxylamine groups is 2. The molecule has 1 atom stereocenters. The topological polar surface area (TPSA) is 57.7 Å². The van der Waals surface area contributed by atoms with E-state index in [1.807, 2.05) is 18.3 Å². The first-order chi connectivity index (χ1) is 11.3. The second-order valence-electron chi connectivity index (χ2n) is 6.19. The highest BCUT2D eigenvalue weighted by molar-refractivity contribution is 8.08. The number of piperidine rings is 3. The largest absolute Gasteiger partial charge is 0.431 e. The third-order valence-corrected chi connectivity index (χ3v) is 5.77. The number of rotatable bonds is 3. The first kappa shape index (κ1) is 14.8. The lowest BCUT2D eigenvalue weighted by Gasteiger charge is -2.44. The lowest BCUT2D eigenvalue weighted by Crippen LogP contribution is -2.57. The average Bonchev–Trinajstić information content (AvgIpc) is 3.05. The van der Waals surface area contributed by atoms with Gasteiger partial charge >= 0.3 is 6.09 Å². The van der Waals surface area contributed by atoms with Crippen molar-refractivity contribution in [2.45, 2.75) is 18.9 Å². The molecule has 7 heteroatoms. The van der Waals surface area contributed by atoms with Crippen LogP contribution in [0.15, 0.2) is 30.7 Å². The SMILES string of the molecule is O=C(NC1CN2CCC1CC2)ON1C=C(c2ccncc2)SC1.